The highest BCUT2D eigenvalue weighted by Crippen LogP contribution is 2.39. The molecule has 2 aromatic carbocycles. The molecule has 30 heavy (non-hydrogen) atoms. The van der Waals surface area contributed by atoms with Gasteiger partial charge in [0, 0.05) is 13.0 Å². The summed E-state index contributed by atoms with van der Waals surface area (Å²) in [6, 6.07) is 11.3. The predicted molar refractivity (Wildman–Crippen MR) is 116 cm³/mol. The van der Waals surface area contributed by atoms with Crippen molar-refractivity contribution < 1.29 is 23.7 Å². The molecule has 6 nitrogen and oxygen atoms in total. The van der Waals surface area contributed by atoms with Crippen LogP contribution in [0.1, 0.15) is 37.4 Å². The molecule has 1 atom stereocenters. The Kier molecular flexibility index (Phi) is 7.08. The second kappa shape index (κ2) is 9.74. The molecule has 0 aliphatic carbocycles. The van der Waals surface area contributed by atoms with Gasteiger partial charge in [-0.15, -0.1) is 0 Å². The fraction of sp³-hybridized carbons (Fsp3) is 0.458. The Morgan fingerprint density at radius 1 is 1.00 bits per heavy atom. The highest BCUT2D eigenvalue weighted by atomic mass is 16.5. The Balaban J connectivity index is 1.91. The molecule has 0 N–H and O–H groups in total. The van der Waals surface area contributed by atoms with Crippen molar-refractivity contribution in [3.05, 3.63) is 47.5 Å². The maximum absolute atomic E-state index is 13.0. The third kappa shape index (κ3) is 4.81. The van der Waals surface area contributed by atoms with Crippen LogP contribution in [0.25, 0.3) is 0 Å². The van der Waals surface area contributed by atoms with Crippen LogP contribution in [0.4, 0.5) is 0 Å². The number of benzene rings is 2. The highest BCUT2D eigenvalue weighted by molar-refractivity contribution is 5.77. The largest absolute Gasteiger partial charge is 0.497 e. The van der Waals surface area contributed by atoms with E-state index in [9.17, 15) is 4.79 Å². The standard InChI is InChI=1S/C24H31NO5/c1-16(2)12-24(26)25-11-10-17-13-22(28-4)23(29-5)14-20(17)21(25)15-30-19-8-6-18(27-3)7-9-19/h6-9,13-14,16,21H,10-12,15H2,1-5H3/t21-/m0/s1. The van der Waals surface area contributed by atoms with Gasteiger partial charge in [0.05, 0.1) is 27.4 Å². The Hall–Kier alpha value is -2.89. The molecule has 1 aliphatic heterocycles. The van der Waals surface area contributed by atoms with Gasteiger partial charge in [-0.25, -0.2) is 0 Å². The van der Waals surface area contributed by atoms with Crippen LogP contribution in [-0.4, -0.2) is 45.3 Å². The number of carbonyl (C=O) groups excluding carboxylic acids is 1. The summed E-state index contributed by atoms with van der Waals surface area (Å²) >= 11 is 0. The molecule has 2 aromatic rings. The van der Waals surface area contributed by atoms with E-state index < -0.39 is 0 Å². The summed E-state index contributed by atoms with van der Waals surface area (Å²) in [6.07, 6.45) is 1.29. The summed E-state index contributed by atoms with van der Waals surface area (Å²) in [4.78, 5) is 14.9. The maximum Gasteiger partial charge on any atom is 0.223 e. The molecule has 3 rings (SSSR count). The van der Waals surface area contributed by atoms with E-state index in [1.807, 2.05) is 41.3 Å². The lowest BCUT2D eigenvalue weighted by Gasteiger charge is -2.38. The molecule has 1 aliphatic rings. The summed E-state index contributed by atoms with van der Waals surface area (Å²) in [5.74, 6) is 3.31. The molecule has 1 heterocycles. The van der Waals surface area contributed by atoms with Crippen molar-refractivity contribution in [2.75, 3.05) is 34.5 Å². The summed E-state index contributed by atoms with van der Waals surface area (Å²) in [6.45, 7) is 5.14. The number of hydrogen-bond donors (Lipinski definition) is 0. The van der Waals surface area contributed by atoms with Crippen molar-refractivity contribution >= 4 is 5.91 Å². The van der Waals surface area contributed by atoms with Gasteiger partial charge in [-0.3, -0.25) is 4.79 Å². The Bertz CT molecular complexity index is 863. The molecule has 0 radical (unpaired) electrons. The molecule has 0 bridgehead atoms. The van der Waals surface area contributed by atoms with Crippen LogP contribution in [-0.2, 0) is 11.2 Å². The molecule has 162 valence electrons. The van der Waals surface area contributed by atoms with Gasteiger partial charge in [-0.05, 0) is 59.9 Å². The summed E-state index contributed by atoms with van der Waals surface area (Å²) < 4.78 is 22.3. The van der Waals surface area contributed by atoms with E-state index in [4.69, 9.17) is 18.9 Å². The zero-order valence-corrected chi connectivity index (χ0v) is 18.4. The Morgan fingerprint density at radius 2 is 1.63 bits per heavy atom. The normalized spacial score (nSPS) is 15.5. The minimum Gasteiger partial charge on any atom is -0.497 e. The number of methoxy groups -OCH3 is 3. The first-order valence-corrected chi connectivity index (χ1v) is 10.3. The third-order valence-electron chi connectivity index (χ3n) is 5.37. The fourth-order valence-electron chi connectivity index (χ4n) is 3.82. The summed E-state index contributed by atoms with van der Waals surface area (Å²) in [5, 5.41) is 0. The molecule has 0 spiro atoms. The molecule has 0 fully saturated rings. The molecule has 0 saturated carbocycles. The van der Waals surface area contributed by atoms with E-state index in [0.717, 1.165) is 29.0 Å². The van der Waals surface area contributed by atoms with Crippen LogP contribution in [0, 0.1) is 5.92 Å². The van der Waals surface area contributed by atoms with E-state index in [0.29, 0.717) is 37.0 Å². The number of nitrogens with zero attached hydrogens (tertiary/aromatic N) is 1. The van der Waals surface area contributed by atoms with Gasteiger partial charge in [-0.2, -0.15) is 0 Å². The van der Waals surface area contributed by atoms with Gasteiger partial charge < -0.3 is 23.8 Å². The number of hydrogen-bond acceptors (Lipinski definition) is 5. The lowest BCUT2D eigenvalue weighted by Crippen LogP contribution is -2.43. The smallest absolute Gasteiger partial charge is 0.223 e. The average Bonchev–Trinajstić information content (AvgIpc) is 2.76. The average molecular weight is 414 g/mol. The molecule has 0 unspecified atom stereocenters. The lowest BCUT2D eigenvalue weighted by molar-refractivity contribution is -0.135. The van der Waals surface area contributed by atoms with Gasteiger partial charge in [0.15, 0.2) is 11.5 Å². The van der Waals surface area contributed by atoms with E-state index in [1.54, 1.807) is 21.3 Å². The van der Waals surface area contributed by atoms with Crippen molar-refractivity contribution in [1.29, 1.82) is 0 Å². The molecular weight excluding hydrogens is 382 g/mol. The first kappa shape index (κ1) is 21.8. The molecule has 0 aromatic heterocycles. The summed E-state index contributed by atoms with van der Waals surface area (Å²) in [5.41, 5.74) is 2.20. The van der Waals surface area contributed by atoms with Gasteiger partial charge >= 0.3 is 0 Å². The number of fused-ring (bicyclic) bond motifs is 1. The van der Waals surface area contributed by atoms with Gasteiger partial charge in [-0.1, -0.05) is 13.8 Å². The van der Waals surface area contributed by atoms with Crippen LogP contribution in [0.3, 0.4) is 0 Å². The minimum atomic E-state index is -0.193. The Morgan fingerprint density at radius 3 is 2.23 bits per heavy atom. The van der Waals surface area contributed by atoms with Crippen molar-refractivity contribution in [3.8, 4) is 23.0 Å². The van der Waals surface area contributed by atoms with Crippen LogP contribution in [0.15, 0.2) is 36.4 Å². The number of ether oxygens (including phenoxy) is 4. The minimum absolute atomic E-state index is 0.147. The van der Waals surface area contributed by atoms with Crippen molar-refractivity contribution in [1.82, 2.24) is 4.90 Å². The second-order valence-corrected chi connectivity index (χ2v) is 7.84. The van der Waals surface area contributed by atoms with Crippen LogP contribution in [0.5, 0.6) is 23.0 Å². The van der Waals surface area contributed by atoms with Crippen LogP contribution >= 0.6 is 0 Å². The quantitative estimate of drug-likeness (QED) is 0.647. The van der Waals surface area contributed by atoms with Gasteiger partial charge in [0.1, 0.15) is 18.1 Å². The molecular formula is C24H31NO5. The highest BCUT2D eigenvalue weighted by Gasteiger charge is 2.33. The topological polar surface area (TPSA) is 57.2 Å². The first-order valence-electron chi connectivity index (χ1n) is 10.3. The number of carbonyl (C=O) groups is 1. The zero-order chi connectivity index (χ0) is 21.7. The molecule has 0 saturated heterocycles. The van der Waals surface area contributed by atoms with Crippen molar-refractivity contribution in [3.63, 3.8) is 0 Å². The van der Waals surface area contributed by atoms with Crippen molar-refractivity contribution in [2.24, 2.45) is 5.92 Å². The van der Waals surface area contributed by atoms with E-state index >= 15 is 0 Å². The van der Waals surface area contributed by atoms with Crippen LogP contribution < -0.4 is 18.9 Å². The fourth-order valence-corrected chi connectivity index (χ4v) is 3.82. The monoisotopic (exact) mass is 413 g/mol. The van der Waals surface area contributed by atoms with E-state index in [-0.39, 0.29) is 11.9 Å². The lowest BCUT2D eigenvalue weighted by atomic mass is 9.91. The summed E-state index contributed by atoms with van der Waals surface area (Å²) in [7, 11) is 4.89. The predicted octanol–water partition coefficient (Wildman–Crippen LogP) is 4.26. The third-order valence-corrected chi connectivity index (χ3v) is 5.37. The van der Waals surface area contributed by atoms with E-state index in [1.165, 1.54) is 0 Å². The maximum atomic E-state index is 13.0. The van der Waals surface area contributed by atoms with Gasteiger partial charge in [0.2, 0.25) is 5.91 Å². The van der Waals surface area contributed by atoms with Gasteiger partial charge in [0.25, 0.3) is 0 Å². The van der Waals surface area contributed by atoms with E-state index in [2.05, 4.69) is 13.8 Å². The second-order valence-electron chi connectivity index (χ2n) is 7.84. The zero-order valence-electron chi connectivity index (χ0n) is 18.4. The molecule has 1 amide bonds. The Labute approximate surface area is 178 Å². The molecule has 6 heteroatoms. The van der Waals surface area contributed by atoms with Crippen LogP contribution in [0.2, 0.25) is 0 Å². The SMILES string of the molecule is COc1ccc(OC[C@H]2c3cc(OC)c(OC)cc3CCN2C(=O)CC(C)C)cc1. The first-order chi connectivity index (χ1) is 14.5. The number of amides is 1. The van der Waals surface area contributed by atoms with Crippen molar-refractivity contribution in [2.45, 2.75) is 32.7 Å². The number of rotatable bonds is 8.